The largest absolute Gasteiger partial charge is 0.460 e. The van der Waals surface area contributed by atoms with E-state index in [4.69, 9.17) is 23.2 Å². The average Bonchev–Trinajstić information content (AvgIpc) is 1.63. The molecule has 0 spiro atoms. The van der Waals surface area contributed by atoms with Gasteiger partial charge < -0.3 is 4.74 Å². The number of carbonyl (C=O) groups excluding carboxylic acids is 1. The van der Waals surface area contributed by atoms with Crippen molar-refractivity contribution in [3.05, 3.63) is 0 Å². The van der Waals surface area contributed by atoms with Gasteiger partial charge in [-0.25, -0.2) is 4.79 Å². The molecule has 0 aromatic carbocycles. The molecule has 0 atom stereocenters. The summed E-state index contributed by atoms with van der Waals surface area (Å²) in [6.45, 7) is 0.120. The molecule has 1 rings (SSSR count). The summed E-state index contributed by atoms with van der Waals surface area (Å²) >= 11 is 10.5. The molecule has 2 nitrogen and oxygen atoms in total. The zero-order chi connectivity index (χ0) is 5.49. The molecule has 0 aromatic rings. The first kappa shape index (κ1) is 5.19. The second kappa shape index (κ2) is 1.26. The Morgan fingerprint density at radius 1 is 1.71 bits per heavy atom. The summed E-state index contributed by atoms with van der Waals surface area (Å²) in [5, 5.41) is 0. The van der Waals surface area contributed by atoms with E-state index < -0.39 is 10.3 Å². The third-order valence-electron chi connectivity index (χ3n) is 0.683. The SMILES string of the molecule is O=C1OCC1(Cl)Cl. The zero-order valence-corrected chi connectivity index (χ0v) is 4.79. The third kappa shape index (κ3) is 0.683. The zero-order valence-electron chi connectivity index (χ0n) is 3.28. The number of hydrogen-bond donors (Lipinski definition) is 0. The maximum Gasteiger partial charge on any atom is 0.346 e. The van der Waals surface area contributed by atoms with Crippen LogP contribution in [0.15, 0.2) is 0 Å². The van der Waals surface area contributed by atoms with Gasteiger partial charge in [0, 0.05) is 0 Å². The van der Waals surface area contributed by atoms with Crippen LogP contribution in [0.3, 0.4) is 0 Å². The molecule has 0 bridgehead atoms. The van der Waals surface area contributed by atoms with Crippen LogP contribution in [0, 0.1) is 0 Å². The van der Waals surface area contributed by atoms with E-state index in [-0.39, 0.29) is 6.61 Å². The van der Waals surface area contributed by atoms with Crippen LogP contribution in [0.5, 0.6) is 0 Å². The number of halogens is 2. The first-order valence-electron chi connectivity index (χ1n) is 1.68. The van der Waals surface area contributed by atoms with Gasteiger partial charge in [-0.2, -0.15) is 0 Å². The highest BCUT2D eigenvalue weighted by molar-refractivity contribution is 6.59. The lowest BCUT2D eigenvalue weighted by molar-refractivity contribution is -0.159. The third-order valence-corrected chi connectivity index (χ3v) is 1.21. The van der Waals surface area contributed by atoms with Crippen molar-refractivity contribution in [2.75, 3.05) is 6.61 Å². The Labute approximate surface area is 50.3 Å². The van der Waals surface area contributed by atoms with Crippen LogP contribution in [0.4, 0.5) is 0 Å². The standard InChI is InChI=1S/C3H2Cl2O2/c4-3(5)1-7-2(3)6/h1H2. The fraction of sp³-hybridized carbons (Fsp3) is 0.667. The van der Waals surface area contributed by atoms with E-state index in [2.05, 4.69) is 4.74 Å². The molecule has 0 N–H and O–H groups in total. The second-order valence-electron chi connectivity index (χ2n) is 1.28. The van der Waals surface area contributed by atoms with Crippen molar-refractivity contribution < 1.29 is 9.53 Å². The first-order chi connectivity index (χ1) is 3.13. The van der Waals surface area contributed by atoms with E-state index in [1.807, 2.05) is 0 Å². The maximum atomic E-state index is 10.1. The molecule has 0 aliphatic carbocycles. The predicted molar refractivity (Wildman–Crippen MR) is 25.4 cm³/mol. The minimum absolute atomic E-state index is 0.120. The summed E-state index contributed by atoms with van der Waals surface area (Å²) in [7, 11) is 0. The van der Waals surface area contributed by atoms with E-state index in [0.717, 1.165) is 0 Å². The van der Waals surface area contributed by atoms with Gasteiger partial charge in [-0.15, -0.1) is 0 Å². The Morgan fingerprint density at radius 3 is 2.14 bits per heavy atom. The molecular weight excluding hydrogens is 139 g/mol. The highest BCUT2D eigenvalue weighted by Gasteiger charge is 2.45. The lowest BCUT2D eigenvalue weighted by Gasteiger charge is -2.26. The van der Waals surface area contributed by atoms with Gasteiger partial charge in [0.15, 0.2) is 0 Å². The van der Waals surface area contributed by atoms with E-state index >= 15 is 0 Å². The van der Waals surface area contributed by atoms with Crippen molar-refractivity contribution in [3.63, 3.8) is 0 Å². The minimum atomic E-state index is -1.24. The molecule has 0 amide bonds. The van der Waals surface area contributed by atoms with Gasteiger partial charge in [0.25, 0.3) is 0 Å². The quantitative estimate of drug-likeness (QED) is 0.367. The molecule has 1 heterocycles. The van der Waals surface area contributed by atoms with Gasteiger partial charge in [-0.3, -0.25) is 0 Å². The molecule has 0 aromatic heterocycles. The van der Waals surface area contributed by atoms with Gasteiger partial charge in [0.2, 0.25) is 4.33 Å². The molecule has 1 fully saturated rings. The van der Waals surface area contributed by atoms with Crippen molar-refractivity contribution in [3.8, 4) is 0 Å². The number of cyclic esters (lactones) is 1. The van der Waals surface area contributed by atoms with Gasteiger partial charge in [-0.1, -0.05) is 23.2 Å². The van der Waals surface area contributed by atoms with Crippen molar-refractivity contribution in [1.29, 1.82) is 0 Å². The van der Waals surface area contributed by atoms with Gasteiger partial charge in [-0.05, 0) is 0 Å². The number of ether oxygens (including phenoxy) is 1. The molecule has 1 aliphatic heterocycles. The summed E-state index contributed by atoms with van der Waals surface area (Å²) in [6, 6.07) is 0. The van der Waals surface area contributed by atoms with Gasteiger partial charge in [0.05, 0.1) is 0 Å². The Balaban J connectivity index is 2.59. The smallest absolute Gasteiger partial charge is 0.346 e. The van der Waals surface area contributed by atoms with Crippen molar-refractivity contribution in [2.24, 2.45) is 0 Å². The van der Waals surface area contributed by atoms with Gasteiger partial charge in [0.1, 0.15) is 6.61 Å². The number of hydrogen-bond acceptors (Lipinski definition) is 2. The van der Waals surface area contributed by atoms with Crippen LogP contribution in [0.2, 0.25) is 0 Å². The van der Waals surface area contributed by atoms with E-state index in [1.54, 1.807) is 0 Å². The number of esters is 1. The highest BCUT2D eigenvalue weighted by atomic mass is 35.5. The number of carbonyl (C=O) groups is 1. The molecule has 1 aliphatic rings. The molecule has 0 saturated carbocycles. The fourth-order valence-electron chi connectivity index (χ4n) is 0.240. The van der Waals surface area contributed by atoms with Crippen LogP contribution in [0.25, 0.3) is 0 Å². The van der Waals surface area contributed by atoms with Crippen LogP contribution in [0.1, 0.15) is 0 Å². The van der Waals surface area contributed by atoms with E-state index in [1.165, 1.54) is 0 Å². The first-order valence-corrected chi connectivity index (χ1v) is 2.43. The maximum absolute atomic E-state index is 10.1. The number of alkyl halides is 2. The Morgan fingerprint density at radius 2 is 2.14 bits per heavy atom. The summed E-state index contributed by atoms with van der Waals surface area (Å²) in [5.41, 5.74) is 0. The fourth-order valence-corrected chi connectivity index (χ4v) is 0.458. The Kier molecular flexibility index (Phi) is 0.937. The molecule has 0 radical (unpaired) electrons. The monoisotopic (exact) mass is 140 g/mol. The Bertz CT molecular complexity index is 110. The molecule has 1 saturated heterocycles. The Hall–Kier alpha value is 0.0500. The molecule has 4 heteroatoms. The molecular formula is C3H2Cl2O2. The van der Waals surface area contributed by atoms with E-state index in [9.17, 15) is 4.79 Å². The summed E-state index contributed by atoms with van der Waals surface area (Å²) in [5.74, 6) is -0.546. The predicted octanol–water partition coefficient (Wildman–Crippen LogP) is 0.717. The van der Waals surface area contributed by atoms with Crippen LogP contribution < -0.4 is 0 Å². The topological polar surface area (TPSA) is 26.3 Å². The average molecular weight is 141 g/mol. The lowest BCUT2D eigenvalue weighted by atomic mass is 10.3. The van der Waals surface area contributed by atoms with E-state index in [0.29, 0.717) is 0 Å². The summed E-state index contributed by atoms with van der Waals surface area (Å²) < 4.78 is 3.01. The number of rotatable bonds is 0. The van der Waals surface area contributed by atoms with Crippen molar-refractivity contribution in [1.82, 2.24) is 0 Å². The minimum Gasteiger partial charge on any atom is -0.460 e. The normalized spacial score (nSPS) is 25.7. The summed E-state index contributed by atoms with van der Waals surface area (Å²) in [6.07, 6.45) is 0. The summed E-state index contributed by atoms with van der Waals surface area (Å²) in [4.78, 5) is 10.1. The van der Waals surface area contributed by atoms with Crippen molar-refractivity contribution in [2.45, 2.75) is 4.33 Å². The van der Waals surface area contributed by atoms with Crippen molar-refractivity contribution >= 4 is 29.2 Å². The molecule has 40 valence electrons. The van der Waals surface area contributed by atoms with Crippen LogP contribution in [-0.4, -0.2) is 16.9 Å². The van der Waals surface area contributed by atoms with Gasteiger partial charge >= 0.3 is 5.97 Å². The lowest BCUT2D eigenvalue weighted by Crippen LogP contribution is -2.45. The molecule has 0 unspecified atom stereocenters. The molecule has 7 heavy (non-hydrogen) atoms. The van der Waals surface area contributed by atoms with Crippen LogP contribution in [-0.2, 0) is 9.53 Å². The second-order valence-corrected chi connectivity index (χ2v) is 2.76. The highest BCUT2D eigenvalue weighted by Crippen LogP contribution is 2.30. The van der Waals surface area contributed by atoms with Crippen LogP contribution >= 0.6 is 23.2 Å².